The molecule has 0 radical (unpaired) electrons. The van der Waals surface area contributed by atoms with Crippen molar-refractivity contribution in [3.8, 4) is 0 Å². The molecule has 20 heavy (non-hydrogen) atoms. The Morgan fingerprint density at radius 2 is 2.10 bits per heavy atom. The van der Waals surface area contributed by atoms with Gasteiger partial charge in [-0.1, -0.05) is 0 Å². The van der Waals surface area contributed by atoms with E-state index in [2.05, 4.69) is 10.6 Å². The number of carbonyl (C=O) groups is 2. The molecule has 0 spiro atoms. The van der Waals surface area contributed by atoms with Crippen molar-refractivity contribution < 1.29 is 23.8 Å². The highest BCUT2D eigenvalue weighted by Crippen LogP contribution is 2.14. The standard InChI is InChI=1S/C13H18N2O5/c1-8-11(12(16)17)6-10(20-8)7-14-13(18)15-9-2-4-19-5-3-9/h6,9H,2-5,7H2,1H3,(H,16,17)(H2,14,15,18). The molecule has 0 bridgehead atoms. The summed E-state index contributed by atoms with van der Waals surface area (Å²) in [6.45, 7) is 3.05. The number of carboxylic acids is 1. The van der Waals surface area contributed by atoms with Gasteiger partial charge in [0.15, 0.2) is 0 Å². The Balaban J connectivity index is 1.80. The van der Waals surface area contributed by atoms with Crippen LogP contribution >= 0.6 is 0 Å². The van der Waals surface area contributed by atoms with E-state index in [9.17, 15) is 9.59 Å². The van der Waals surface area contributed by atoms with Crippen LogP contribution in [-0.2, 0) is 11.3 Å². The smallest absolute Gasteiger partial charge is 0.339 e. The monoisotopic (exact) mass is 282 g/mol. The summed E-state index contributed by atoms with van der Waals surface area (Å²) in [5.74, 6) is -0.287. The van der Waals surface area contributed by atoms with Crippen LogP contribution in [0.5, 0.6) is 0 Å². The van der Waals surface area contributed by atoms with Crippen LogP contribution < -0.4 is 10.6 Å². The number of carboxylic acid groups (broad SMARTS) is 1. The molecule has 2 amide bonds. The predicted octanol–water partition coefficient (Wildman–Crippen LogP) is 1.26. The van der Waals surface area contributed by atoms with E-state index in [-0.39, 0.29) is 24.2 Å². The van der Waals surface area contributed by atoms with E-state index >= 15 is 0 Å². The van der Waals surface area contributed by atoms with Gasteiger partial charge in [0.1, 0.15) is 17.1 Å². The molecule has 1 saturated heterocycles. The minimum atomic E-state index is -1.04. The largest absolute Gasteiger partial charge is 0.478 e. The van der Waals surface area contributed by atoms with Crippen LogP contribution in [0.4, 0.5) is 4.79 Å². The number of aryl methyl sites for hydroxylation is 1. The zero-order valence-corrected chi connectivity index (χ0v) is 11.3. The summed E-state index contributed by atoms with van der Waals surface area (Å²) < 4.78 is 10.5. The molecule has 2 rings (SSSR count). The van der Waals surface area contributed by atoms with E-state index in [0.717, 1.165) is 12.8 Å². The highest BCUT2D eigenvalue weighted by atomic mass is 16.5. The number of amides is 2. The minimum Gasteiger partial charge on any atom is -0.478 e. The second-order valence-corrected chi connectivity index (χ2v) is 4.70. The Morgan fingerprint density at radius 3 is 2.70 bits per heavy atom. The van der Waals surface area contributed by atoms with E-state index in [1.807, 2.05) is 0 Å². The second kappa shape index (κ2) is 6.42. The predicted molar refractivity (Wildman–Crippen MR) is 69.6 cm³/mol. The Morgan fingerprint density at radius 1 is 1.40 bits per heavy atom. The average molecular weight is 282 g/mol. The summed E-state index contributed by atoms with van der Waals surface area (Å²) in [6, 6.07) is 1.26. The number of nitrogens with one attached hydrogen (secondary N) is 2. The van der Waals surface area contributed by atoms with Gasteiger partial charge in [0.25, 0.3) is 0 Å². The van der Waals surface area contributed by atoms with Crippen molar-refractivity contribution in [2.45, 2.75) is 32.4 Å². The fourth-order valence-corrected chi connectivity index (χ4v) is 2.09. The normalized spacial score (nSPS) is 15.8. The van der Waals surface area contributed by atoms with Gasteiger partial charge in [0.05, 0.1) is 6.54 Å². The molecule has 1 aliphatic rings. The summed E-state index contributed by atoms with van der Waals surface area (Å²) >= 11 is 0. The van der Waals surface area contributed by atoms with E-state index in [1.54, 1.807) is 6.92 Å². The minimum absolute atomic E-state index is 0.117. The first-order valence-corrected chi connectivity index (χ1v) is 6.51. The molecule has 1 aromatic rings. The van der Waals surface area contributed by atoms with Crippen LogP contribution in [0.15, 0.2) is 10.5 Å². The van der Waals surface area contributed by atoms with E-state index in [0.29, 0.717) is 24.7 Å². The molecule has 0 unspecified atom stereocenters. The van der Waals surface area contributed by atoms with Crippen molar-refractivity contribution in [1.29, 1.82) is 0 Å². The third-order valence-corrected chi connectivity index (χ3v) is 3.18. The Labute approximate surface area is 116 Å². The van der Waals surface area contributed by atoms with Crippen molar-refractivity contribution in [1.82, 2.24) is 10.6 Å². The molecule has 1 aromatic heterocycles. The van der Waals surface area contributed by atoms with E-state index < -0.39 is 5.97 Å². The molecule has 2 heterocycles. The van der Waals surface area contributed by atoms with Crippen molar-refractivity contribution in [3.05, 3.63) is 23.2 Å². The summed E-state index contributed by atoms with van der Waals surface area (Å²) in [7, 11) is 0. The molecular formula is C13H18N2O5. The number of furan rings is 1. The van der Waals surface area contributed by atoms with Crippen molar-refractivity contribution in [2.75, 3.05) is 13.2 Å². The van der Waals surface area contributed by atoms with Gasteiger partial charge in [0.2, 0.25) is 0 Å². The Bertz CT molecular complexity index is 491. The number of aromatic carboxylic acids is 1. The second-order valence-electron chi connectivity index (χ2n) is 4.70. The highest BCUT2D eigenvalue weighted by Gasteiger charge is 2.17. The highest BCUT2D eigenvalue weighted by molar-refractivity contribution is 5.88. The maximum absolute atomic E-state index is 11.7. The molecule has 1 aliphatic heterocycles. The molecular weight excluding hydrogens is 264 g/mol. The quantitative estimate of drug-likeness (QED) is 0.772. The zero-order chi connectivity index (χ0) is 14.5. The molecule has 0 saturated carbocycles. The lowest BCUT2D eigenvalue weighted by molar-refractivity contribution is 0.0694. The molecule has 7 nitrogen and oxygen atoms in total. The summed E-state index contributed by atoms with van der Waals surface area (Å²) in [5.41, 5.74) is 0.117. The number of urea groups is 1. The maximum Gasteiger partial charge on any atom is 0.339 e. The fourth-order valence-electron chi connectivity index (χ4n) is 2.09. The van der Waals surface area contributed by atoms with Gasteiger partial charge < -0.3 is 24.9 Å². The topological polar surface area (TPSA) is 101 Å². The van der Waals surface area contributed by atoms with Crippen LogP contribution in [0.3, 0.4) is 0 Å². The lowest BCUT2D eigenvalue weighted by Gasteiger charge is -2.23. The van der Waals surface area contributed by atoms with Gasteiger partial charge in [-0.05, 0) is 25.8 Å². The number of rotatable bonds is 4. The van der Waals surface area contributed by atoms with Gasteiger partial charge in [-0.15, -0.1) is 0 Å². The van der Waals surface area contributed by atoms with Gasteiger partial charge in [0, 0.05) is 19.3 Å². The van der Waals surface area contributed by atoms with Crippen LogP contribution in [0.2, 0.25) is 0 Å². The van der Waals surface area contributed by atoms with Crippen LogP contribution in [0.25, 0.3) is 0 Å². The summed E-state index contributed by atoms with van der Waals surface area (Å²) in [6.07, 6.45) is 1.60. The third kappa shape index (κ3) is 3.74. The van der Waals surface area contributed by atoms with Gasteiger partial charge >= 0.3 is 12.0 Å². The SMILES string of the molecule is Cc1oc(CNC(=O)NC2CCOCC2)cc1C(=O)O. The lowest BCUT2D eigenvalue weighted by atomic mass is 10.1. The van der Waals surface area contributed by atoms with Gasteiger partial charge in [-0.2, -0.15) is 0 Å². The first-order valence-electron chi connectivity index (χ1n) is 6.51. The molecule has 0 aromatic carbocycles. The lowest BCUT2D eigenvalue weighted by Crippen LogP contribution is -2.44. The first kappa shape index (κ1) is 14.4. The van der Waals surface area contributed by atoms with E-state index in [4.69, 9.17) is 14.3 Å². The third-order valence-electron chi connectivity index (χ3n) is 3.18. The fraction of sp³-hybridized carbons (Fsp3) is 0.538. The molecule has 0 aliphatic carbocycles. The first-order chi connectivity index (χ1) is 9.56. The molecule has 1 fully saturated rings. The summed E-state index contributed by atoms with van der Waals surface area (Å²) in [5, 5.41) is 14.4. The molecule has 3 N–H and O–H groups in total. The van der Waals surface area contributed by atoms with Crippen molar-refractivity contribution >= 4 is 12.0 Å². The number of hydrogen-bond donors (Lipinski definition) is 3. The Hall–Kier alpha value is -2.02. The number of ether oxygens (including phenoxy) is 1. The Kier molecular flexibility index (Phi) is 4.62. The number of hydrogen-bond acceptors (Lipinski definition) is 4. The maximum atomic E-state index is 11.7. The van der Waals surface area contributed by atoms with Crippen LogP contribution in [0.1, 0.15) is 34.7 Å². The molecule has 7 heteroatoms. The zero-order valence-electron chi connectivity index (χ0n) is 11.3. The van der Waals surface area contributed by atoms with Gasteiger partial charge in [-0.3, -0.25) is 0 Å². The van der Waals surface area contributed by atoms with Crippen molar-refractivity contribution in [2.24, 2.45) is 0 Å². The van der Waals surface area contributed by atoms with Crippen LogP contribution in [0, 0.1) is 6.92 Å². The molecule has 110 valence electrons. The number of carbonyl (C=O) groups excluding carboxylic acids is 1. The molecule has 0 atom stereocenters. The average Bonchev–Trinajstić information content (AvgIpc) is 2.79. The summed E-state index contributed by atoms with van der Waals surface area (Å²) in [4.78, 5) is 22.6. The van der Waals surface area contributed by atoms with E-state index in [1.165, 1.54) is 6.07 Å². The van der Waals surface area contributed by atoms with Crippen molar-refractivity contribution in [3.63, 3.8) is 0 Å². The van der Waals surface area contributed by atoms with Gasteiger partial charge in [-0.25, -0.2) is 9.59 Å². The van der Waals surface area contributed by atoms with Crippen LogP contribution in [-0.4, -0.2) is 36.4 Å².